The molecule has 0 nitrogen and oxygen atoms in total. The van der Waals surface area contributed by atoms with Crippen molar-refractivity contribution in [3.63, 3.8) is 0 Å². The molecule has 0 unspecified atom stereocenters. The third kappa shape index (κ3) is 21.0. The fourth-order valence-electron chi connectivity index (χ4n) is 0. The van der Waals surface area contributed by atoms with E-state index < -0.39 is 0 Å². The van der Waals surface area contributed by atoms with Crippen molar-refractivity contribution in [2.45, 2.75) is 17.4 Å². The van der Waals surface area contributed by atoms with Crippen LogP contribution < -0.4 is 0 Å². The van der Waals surface area contributed by atoms with E-state index in [1.807, 2.05) is 0 Å². The zero-order valence-corrected chi connectivity index (χ0v) is 4.68. The van der Waals surface area contributed by atoms with Crippen molar-refractivity contribution in [1.29, 1.82) is 0 Å². The molecule has 0 amide bonds. The van der Waals surface area contributed by atoms with E-state index >= 15 is 0 Å². The van der Waals surface area contributed by atoms with Crippen molar-refractivity contribution < 1.29 is 14.1 Å². The minimum absolute atomic E-state index is 0.0417. The molecule has 0 bridgehead atoms. The normalized spacial score (nSPS) is 9.00. The van der Waals surface area contributed by atoms with Crippen LogP contribution in [0.3, 0.4) is 0 Å². The Morgan fingerprint density at radius 1 is 1.00 bits per heavy atom. The van der Waals surface area contributed by atoms with Crippen LogP contribution in [0.15, 0.2) is 0 Å². The molecular formula is C3H9Cr. The predicted molar refractivity (Wildman–Crippen MR) is 17.6 cm³/mol. The molecule has 0 saturated carbocycles. The van der Waals surface area contributed by atoms with Crippen LogP contribution in [-0.2, 0) is 14.1 Å². The molecule has 0 spiro atoms. The molecule has 0 aliphatic heterocycles. The first-order valence-electron chi connectivity index (χ1n) is 1.22. The van der Waals surface area contributed by atoms with Gasteiger partial charge >= 0.3 is 31.5 Å². The third-order valence-electron chi connectivity index (χ3n) is 0. The minimum atomic E-state index is -0.0417. The molecule has 0 rings (SSSR count). The quantitative estimate of drug-likeness (QED) is 0.432. The fraction of sp³-hybridized carbons (Fsp3) is 1.00. The van der Waals surface area contributed by atoms with Crippen molar-refractivity contribution in [2.24, 2.45) is 0 Å². The van der Waals surface area contributed by atoms with Gasteiger partial charge in [0.25, 0.3) is 0 Å². The Morgan fingerprint density at radius 3 is 1.00 bits per heavy atom. The number of hydrogen-bond acceptors (Lipinski definition) is 0. The summed E-state index contributed by atoms with van der Waals surface area (Å²) in [5.74, 6) is 6.88. The molecule has 0 aromatic heterocycles. The average Bonchev–Trinajstić information content (AvgIpc) is 0.811. The third-order valence-corrected chi connectivity index (χ3v) is 0. The summed E-state index contributed by atoms with van der Waals surface area (Å²) in [4.78, 5) is 0. The molecule has 27 valence electrons. The van der Waals surface area contributed by atoms with Gasteiger partial charge in [0.2, 0.25) is 0 Å². The molecule has 0 aromatic rings. The molecule has 4 heavy (non-hydrogen) atoms. The standard InChI is InChI=1S/3CH3.Cr/h3*1H3;. The van der Waals surface area contributed by atoms with Gasteiger partial charge in [0.05, 0.1) is 0 Å². The summed E-state index contributed by atoms with van der Waals surface area (Å²) < 4.78 is 0. The molecule has 0 heterocycles. The molecule has 0 aliphatic rings. The number of hydrogen-bond donors (Lipinski definition) is 0. The first-order valence-corrected chi connectivity index (χ1v) is 5.05. The van der Waals surface area contributed by atoms with Gasteiger partial charge in [0, 0.05) is 0 Å². The maximum atomic E-state index is 2.29. The van der Waals surface area contributed by atoms with Crippen LogP contribution in [0.5, 0.6) is 0 Å². The Morgan fingerprint density at radius 2 is 1.00 bits per heavy atom. The maximum absolute atomic E-state index is 2.29. The molecule has 0 saturated heterocycles. The molecule has 0 N–H and O–H groups in total. The summed E-state index contributed by atoms with van der Waals surface area (Å²) >= 11 is -0.0417. The second kappa shape index (κ2) is 1.82. The molecule has 0 fully saturated rings. The molecule has 0 atom stereocenters. The van der Waals surface area contributed by atoms with Crippen LogP contribution in [0.25, 0.3) is 0 Å². The number of rotatable bonds is 0. The molecule has 0 aromatic carbocycles. The van der Waals surface area contributed by atoms with E-state index in [9.17, 15) is 0 Å². The zero-order valence-electron chi connectivity index (χ0n) is 3.41. The topological polar surface area (TPSA) is 0 Å². The van der Waals surface area contributed by atoms with Gasteiger partial charge in [0.15, 0.2) is 0 Å². The van der Waals surface area contributed by atoms with Gasteiger partial charge in [-0.1, -0.05) is 0 Å². The van der Waals surface area contributed by atoms with Gasteiger partial charge in [-0.25, -0.2) is 0 Å². The Bertz CT molecular complexity index is 8.00. The Balaban J connectivity index is 2.32. The van der Waals surface area contributed by atoms with Crippen LogP contribution in [0.2, 0.25) is 17.4 Å². The summed E-state index contributed by atoms with van der Waals surface area (Å²) in [6.45, 7) is 0. The van der Waals surface area contributed by atoms with E-state index in [4.69, 9.17) is 0 Å². The van der Waals surface area contributed by atoms with Crippen molar-refractivity contribution in [3.8, 4) is 0 Å². The van der Waals surface area contributed by atoms with Crippen LogP contribution in [0, 0.1) is 0 Å². The van der Waals surface area contributed by atoms with Gasteiger partial charge < -0.3 is 0 Å². The van der Waals surface area contributed by atoms with Gasteiger partial charge in [-0.15, -0.1) is 0 Å². The second-order valence-corrected chi connectivity index (χ2v) is 5.05. The van der Waals surface area contributed by atoms with Crippen LogP contribution in [0.1, 0.15) is 0 Å². The summed E-state index contributed by atoms with van der Waals surface area (Å²) in [7, 11) is 0. The Labute approximate surface area is 32.2 Å². The molecule has 0 radical (unpaired) electrons. The Kier molecular flexibility index (Phi) is 2.06. The van der Waals surface area contributed by atoms with Crippen LogP contribution in [0.4, 0.5) is 0 Å². The summed E-state index contributed by atoms with van der Waals surface area (Å²) in [5.41, 5.74) is 0. The SMILES string of the molecule is [CH3][Cr]([CH3])[CH3]. The second-order valence-electron chi connectivity index (χ2n) is 1.22. The predicted octanol–water partition coefficient (Wildman–Crippen LogP) is 1.75. The van der Waals surface area contributed by atoms with Gasteiger partial charge in [-0.2, -0.15) is 0 Å². The molecule has 0 aliphatic carbocycles. The van der Waals surface area contributed by atoms with E-state index in [0.29, 0.717) is 0 Å². The van der Waals surface area contributed by atoms with E-state index in [2.05, 4.69) is 17.4 Å². The summed E-state index contributed by atoms with van der Waals surface area (Å²) in [6.07, 6.45) is 0. The van der Waals surface area contributed by atoms with Crippen molar-refractivity contribution >= 4 is 0 Å². The zero-order chi connectivity index (χ0) is 3.58. The fourth-order valence-corrected chi connectivity index (χ4v) is 0. The molecular weight excluding hydrogens is 88.0 g/mol. The first-order chi connectivity index (χ1) is 1.73. The van der Waals surface area contributed by atoms with Gasteiger partial charge in [-0.05, 0) is 0 Å². The molecule has 1 heteroatoms. The van der Waals surface area contributed by atoms with E-state index in [-0.39, 0.29) is 14.1 Å². The summed E-state index contributed by atoms with van der Waals surface area (Å²) in [5, 5.41) is 0. The van der Waals surface area contributed by atoms with E-state index in [0.717, 1.165) is 0 Å². The average molecular weight is 97.1 g/mol. The first kappa shape index (κ1) is 4.53. The monoisotopic (exact) mass is 97.0 g/mol. The van der Waals surface area contributed by atoms with Crippen molar-refractivity contribution in [1.82, 2.24) is 0 Å². The van der Waals surface area contributed by atoms with E-state index in [1.165, 1.54) is 0 Å². The van der Waals surface area contributed by atoms with Crippen molar-refractivity contribution in [2.75, 3.05) is 0 Å². The van der Waals surface area contributed by atoms with Crippen LogP contribution in [-0.4, -0.2) is 0 Å². The van der Waals surface area contributed by atoms with Gasteiger partial charge in [0.1, 0.15) is 0 Å². The van der Waals surface area contributed by atoms with Crippen molar-refractivity contribution in [3.05, 3.63) is 0 Å². The van der Waals surface area contributed by atoms with Crippen LogP contribution >= 0.6 is 0 Å². The van der Waals surface area contributed by atoms with Gasteiger partial charge in [-0.3, -0.25) is 0 Å². The summed E-state index contributed by atoms with van der Waals surface area (Å²) in [6, 6.07) is 0. The Hall–Kier alpha value is 0.532. The van der Waals surface area contributed by atoms with E-state index in [1.54, 1.807) is 0 Å².